The molecule has 2 aromatic rings. The van der Waals surface area contributed by atoms with Gasteiger partial charge in [0.15, 0.2) is 0 Å². The molecule has 0 aliphatic rings. The molecule has 20 heavy (non-hydrogen) atoms. The summed E-state index contributed by atoms with van der Waals surface area (Å²) in [5, 5.41) is 11.2. The Kier molecular flexibility index (Phi) is 5.50. The molecule has 5 nitrogen and oxygen atoms in total. The summed E-state index contributed by atoms with van der Waals surface area (Å²) in [6.07, 6.45) is 1.62. The second-order valence-electron chi connectivity index (χ2n) is 4.39. The van der Waals surface area contributed by atoms with Crippen molar-refractivity contribution in [2.45, 2.75) is 26.9 Å². The van der Waals surface area contributed by atoms with Gasteiger partial charge < -0.3 is 5.32 Å². The SMILES string of the molecule is Cc1nn(C)c(F)c1CNc1cnn(CCF)c1C.Cl. The summed E-state index contributed by atoms with van der Waals surface area (Å²) >= 11 is 0. The molecule has 0 aromatic carbocycles. The van der Waals surface area contributed by atoms with Crippen LogP contribution in [-0.4, -0.2) is 26.2 Å². The number of nitrogens with one attached hydrogen (secondary N) is 1. The number of alkyl halides is 1. The van der Waals surface area contributed by atoms with Crippen molar-refractivity contribution in [2.24, 2.45) is 7.05 Å². The van der Waals surface area contributed by atoms with E-state index < -0.39 is 6.67 Å². The summed E-state index contributed by atoms with van der Waals surface area (Å²) in [4.78, 5) is 0. The highest BCUT2D eigenvalue weighted by Crippen LogP contribution is 2.17. The van der Waals surface area contributed by atoms with E-state index in [4.69, 9.17) is 0 Å². The van der Waals surface area contributed by atoms with Crippen molar-refractivity contribution in [3.63, 3.8) is 0 Å². The molecular weight excluding hydrogens is 288 g/mol. The highest BCUT2D eigenvalue weighted by molar-refractivity contribution is 5.85. The second-order valence-corrected chi connectivity index (χ2v) is 4.39. The van der Waals surface area contributed by atoms with Gasteiger partial charge in [0, 0.05) is 19.2 Å². The molecule has 0 aliphatic carbocycles. The van der Waals surface area contributed by atoms with Crippen LogP contribution in [-0.2, 0) is 20.1 Å². The molecule has 2 rings (SSSR count). The molecule has 0 radical (unpaired) electrons. The van der Waals surface area contributed by atoms with E-state index in [0.717, 1.165) is 11.4 Å². The average Bonchev–Trinajstić information content (AvgIpc) is 2.82. The fourth-order valence-electron chi connectivity index (χ4n) is 1.98. The van der Waals surface area contributed by atoms with Crippen LogP contribution in [0.4, 0.5) is 14.5 Å². The van der Waals surface area contributed by atoms with Crippen molar-refractivity contribution < 1.29 is 8.78 Å². The van der Waals surface area contributed by atoms with Crippen molar-refractivity contribution in [3.05, 3.63) is 29.1 Å². The molecule has 0 aliphatic heterocycles. The Bertz CT molecular complexity index is 579. The summed E-state index contributed by atoms with van der Waals surface area (Å²) in [5.41, 5.74) is 2.79. The van der Waals surface area contributed by atoms with Crippen molar-refractivity contribution >= 4 is 18.1 Å². The van der Waals surface area contributed by atoms with E-state index in [1.54, 1.807) is 24.9 Å². The van der Waals surface area contributed by atoms with Gasteiger partial charge in [0.05, 0.1) is 29.8 Å². The lowest BCUT2D eigenvalue weighted by atomic mass is 10.2. The third-order valence-corrected chi connectivity index (χ3v) is 3.12. The largest absolute Gasteiger partial charge is 0.378 e. The number of rotatable bonds is 5. The van der Waals surface area contributed by atoms with Crippen molar-refractivity contribution in [3.8, 4) is 0 Å². The van der Waals surface area contributed by atoms with Gasteiger partial charge in [-0.3, -0.25) is 4.68 Å². The minimum absolute atomic E-state index is 0. The number of halogens is 3. The molecule has 0 fully saturated rings. The molecule has 8 heteroatoms. The van der Waals surface area contributed by atoms with Crippen LogP contribution in [0.2, 0.25) is 0 Å². The maximum absolute atomic E-state index is 13.7. The number of aryl methyl sites for hydroxylation is 3. The number of aromatic nitrogens is 4. The van der Waals surface area contributed by atoms with Crippen LogP contribution in [0.25, 0.3) is 0 Å². The first-order valence-electron chi connectivity index (χ1n) is 6.04. The lowest BCUT2D eigenvalue weighted by Gasteiger charge is -2.06. The molecule has 112 valence electrons. The van der Waals surface area contributed by atoms with E-state index in [2.05, 4.69) is 15.5 Å². The van der Waals surface area contributed by atoms with E-state index in [9.17, 15) is 8.78 Å². The van der Waals surface area contributed by atoms with E-state index in [-0.39, 0.29) is 24.9 Å². The zero-order valence-electron chi connectivity index (χ0n) is 11.7. The molecule has 2 heterocycles. The Morgan fingerprint density at radius 2 is 2.05 bits per heavy atom. The maximum atomic E-state index is 13.7. The van der Waals surface area contributed by atoms with Crippen molar-refractivity contribution in [1.82, 2.24) is 19.6 Å². The third-order valence-electron chi connectivity index (χ3n) is 3.12. The standard InChI is InChI=1S/C12H17F2N5.ClH/c1-8-10(12(14)18(3)17-8)6-15-11-7-16-19(5-4-13)9(11)2;/h7,15H,4-6H2,1-3H3;1H. The smallest absolute Gasteiger partial charge is 0.216 e. The van der Waals surface area contributed by atoms with E-state index in [1.807, 2.05) is 6.92 Å². The average molecular weight is 306 g/mol. The monoisotopic (exact) mass is 305 g/mol. The molecule has 0 amide bonds. The number of hydrogen-bond acceptors (Lipinski definition) is 3. The fourth-order valence-corrected chi connectivity index (χ4v) is 1.98. The highest BCUT2D eigenvalue weighted by Gasteiger charge is 2.13. The van der Waals surface area contributed by atoms with E-state index >= 15 is 0 Å². The molecule has 0 bridgehead atoms. The molecule has 0 saturated heterocycles. The van der Waals surface area contributed by atoms with Crippen LogP contribution in [0.3, 0.4) is 0 Å². The quantitative estimate of drug-likeness (QED) is 0.922. The van der Waals surface area contributed by atoms with Gasteiger partial charge in [-0.05, 0) is 13.8 Å². The van der Waals surface area contributed by atoms with Gasteiger partial charge in [0.1, 0.15) is 6.67 Å². The zero-order valence-corrected chi connectivity index (χ0v) is 12.5. The Morgan fingerprint density at radius 3 is 2.60 bits per heavy atom. The molecule has 0 spiro atoms. The van der Waals surface area contributed by atoms with Gasteiger partial charge in [-0.15, -0.1) is 12.4 Å². The van der Waals surface area contributed by atoms with Gasteiger partial charge in [0.25, 0.3) is 0 Å². The van der Waals surface area contributed by atoms with Crippen LogP contribution in [0.15, 0.2) is 6.20 Å². The summed E-state index contributed by atoms with van der Waals surface area (Å²) in [6.45, 7) is 3.71. The third kappa shape index (κ3) is 3.09. The zero-order chi connectivity index (χ0) is 14.0. The fraction of sp³-hybridized carbons (Fsp3) is 0.500. The topological polar surface area (TPSA) is 47.7 Å². The minimum Gasteiger partial charge on any atom is -0.378 e. The van der Waals surface area contributed by atoms with Gasteiger partial charge in [-0.25, -0.2) is 9.07 Å². The molecule has 1 N–H and O–H groups in total. The predicted octanol–water partition coefficient (Wildman–Crippen LogP) is 2.38. The lowest BCUT2D eigenvalue weighted by molar-refractivity contribution is 0.423. The minimum atomic E-state index is -0.460. The van der Waals surface area contributed by atoms with Crippen LogP contribution < -0.4 is 5.32 Å². The molecule has 0 unspecified atom stereocenters. The van der Waals surface area contributed by atoms with Crippen molar-refractivity contribution in [2.75, 3.05) is 12.0 Å². The first-order chi connectivity index (χ1) is 9.04. The van der Waals surface area contributed by atoms with Gasteiger partial charge in [-0.1, -0.05) is 0 Å². The summed E-state index contributed by atoms with van der Waals surface area (Å²) in [6, 6.07) is 0. The Morgan fingerprint density at radius 1 is 1.35 bits per heavy atom. The summed E-state index contributed by atoms with van der Waals surface area (Å²) in [7, 11) is 1.57. The Hall–Kier alpha value is -1.63. The lowest BCUT2D eigenvalue weighted by Crippen LogP contribution is -2.06. The van der Waals surface area contributed by atoms with Crippen LogP contribution in [0.5, 0.6) is 0 Å². The summed E-state index contributed by atoms with van der Waals surface area (Å²) in [5.74, 6) is -0.348. The first kappa shape index (κ1) is 16.4. The summed E-state index contributed by atoms with van der Waals surface area (Å²) < 4.78 is 28.8. The van der Waals surface area contributed by atoms with Gasteiger partial charge in [-0.2, -0.15) is 14.6 Å². The van der Waals surface area contributed by atoms with E-state index in [0.29, 0.717) is 17.8 Å². The van der Waals surface area contributed by atoms with Gasteiger partial charge >= 0.3 is 0 Å². The first-order valence-corrected chi connectivity index (χ1v) is 6.04. The van der Waals surface area contributed by atoms with E-state index in [1.165, 1.54) is 4.68 Å². The maximum Gasteiger partial charge on any atom is 0.216 e. The molecular formula is C12H18ClF2N5. The second kappa shape index (κ2) is 6.69. The number of anilines is 1. The van der Waals surface area contributed by atoms with Crippen LogP contribution in [0, 0.1) is 19.8 Å². The predicted molar refractivity (Wildman–Crippen MR) is 75.4 cm³/mol. The molecule has 0 saturated carbocycles. The highest BCUT2D eigenvalue weighted by atomic mass is 35.5. The van der Waals surface area contributed by atoms with Crippen molar-refractivity contribution in [1.29, 1.82) is 0 Å². The molecule has 2 aromatic heterocycles. The van der Waals surface area contributed by atoms with Crippen LogP contribution in [0.1, 0.15) is 17.0 Å². The van der Waals surface area contributed by atoms with Gasteiger partial charge in [0.2, 0.25) is 5.95 Å². The Balaban J connectivity index is 0.00000200. The molecule has 0 atom stereocenters. The number of nitrogens with zero attached hydrogens (tertiary/aromatic N) is 4. The Labute approximate surface area is 122 Å². The number of hydrogen-bond donors (Lipinski definition) is 1. The normalized spacial score (nSPS) is 10.4. The van der Waals surface area contributed by atoms with Crippen LogP contribution >= 0.6 is 12.4 Å².